The van der Waals surface area contributed by atoms with Crippen molar-refractivity contribution in [2.75, 3.05) is 32.1 Å². The first-order chi connectivity index (χ1) is 14.3. The number of sulfonamides is 1. The van der Waals surface area contributed by atoms with Crippen LogP contribution in [0, 0.1) is 6.92 Å². The van der Waals surface area contributed by atoms with E-state index in [-0.39, 0.29) is 17.2 Å². The molecule has 0 aliphatic carbocycles. The Hall–Kier alpha value is -2.58. The normalized spacial score (nSPS) is 11.4. The molecule has 1 amide bonds. The van der Waals surface area contributed by atoms with E-state index in [1.54, 1.807) is 19.9 Å². The van der Waals surface area contributed by atoms with Crippen LogP contribution in [0.15, 0.2) is 47.4 Å². The number of carbonyl (C=O) groups excluding carboxylic acids is 1. The van der Waals surface area contributed by atoms with E-state index in [1.807, 2.05) is 31.2 Å². The Bertz CT molecular complexity index is 939. The van der Waals surface area contributed by atoms with Gasteiger partial charge in [-0.1, -0.05) is 31.5 Å². The number of benzene rings is 2. The Labute approximate surface area is 179 Å². The summed E-state index contributed by atoms with van der Waals surface area (Å²) >= 11 is 0. The summed E-state index contributed by atoms with van der Waals surface area (Å²) < 4.78 is 37.8. The largest absolute Gasteiger partial charge is 0.495 e. The van der Waals surface area contributed by atoms with E-state index in [4.69, 9.17) is 9.47 Å². The predicted octanol–water partition coefficient (Wildman–Crippen LogP) is 3.83. The smallest absolute Gasteiger partial charge is 0.243 e. The lowest BCUT2D eigenvalue weighted by Gasteiger charge is -2.19. The van der Waals surface area contributed by atoms with Crippen molar-refractivity contribution in [3.63, 3.8) is 0 Å². The molecule has 8 heteroatoms. The fourth-order valence-electron chi connectivity index (χ4n) is 2.93. The highest BCUT2D eigenvalue weighted by Crippen LogP contribution is 2.29. The van der Waals surface area contributed by atoms with Crippen molar-refractivity contribution in [1.82, 2.24) is 4.31 Å². The van der Waals surface area contributed by atoms with Crippen molar-refractivity contribution < 1.29 is 22.7 Å². The molecule has 0 aliphatic rings. The zero-order chi connectivity index (χ0) is 22.1. The second-order valence-electron chi connectivity index (χ2n) is 6.76. The Kier molecular flexibility index (Phi) is 8.68. The topological polar surface area (TPSA) is 84.9 Å². The fraction of sp³-hybridized carbons (Fsp3) is 0.409. The van der Waals surface area contributed by atoms with Gasteiger partial charge in [0, 0.05) is 19.5 Å². The molecule has 30 heavy (non-hydrogen) atoms. The molecule has 2 aromatic rings. The first kappa shape index (κ1) is 23.7. The SMILES string of the molecule is CCN(CC)S(=O)(=O)c1ccc(OC)c(NC(=O)CCCOc2ccc(C)cc2)c1. The van der Waals surface area contributed by atoms with Gasteiger partial charge in [0.05, 0.1) is 24.3 Å². The van der Waals surface area contributed by atoms with Gasteiger partial charge in [-0.05, 0) is 43.7 Å². The molecule has 2 aromatic carbocycles. The molecule has 0 saturated carbocycles. The van der Waals surface area contributed by atoms with Crippen LogP contribution in [0.3, 0.4) is 0 Å². The number of ether oxygens (including phenoxy) is 2. The quantitative estimate of drug-likeness (QED) is 0.543. The number of methoxy groups -OCH3 is 1. The third kappa shape index (κ3) is 6.21. The van der Waals surface area contributed by atoms with Gasteiger partial charge in [-0.25, -0.2) is 8.42 Å². The van der Waals surface area contributed by atoms with Crippen molar-refractivity contribution in [1.29, 1.82) is 0 Å². The summed E-state index contributed by atoms with van der Waals surface area (Å²) in [5.41, 5.74) is 1.48. The van der Waals surface area contributed by atoms with Crippen LogP contribution in [0.25, 0.3) is 0 Å². The summed E-state index contributed by atoms with van der Waals surface area (Å²) in [6.45, 7) is 6.72. The molecule has 0 heterocycles. The molecule has 2 rings (SSSR count). The lowest BCUT2D eigenvalue weighted by molar-refractivity contribution is -0.116. The van der Waals surface area contributed by atoms with Gasteiger partial charge in [0.1, 0.15) is 11.5 Å². The highest BCUT2D eigenvalue weighted by molar-refractivity contribution is 7.89. The zero-order valence-corrected chi connectivity index (χ0v) is 18.8. The van der Waals surface area contributed by atoms with Crippen molar-refractivity contribution in [3.8, 4) is 11.5 Å². The molecule has 1 N–H and O–H groups in total. The lowest BCUT2D eigenvalue weighted by atomic mass is 10.2. The highest BCUT2D eigenvalue weighted by Gasteiger charge is 2.23. The maximum Gasteiger partial charge on any atom is 0.243 e. The van der Waals surface area contributed by atoms with E-state index in [9.17, 15) is 13.2 Å². The number of hydrogen-bond acceptors (Lipinski definition) is 5. The van der Waals surface area contributed by atoms with Crippen LogP contribution in [0.2, 0.25) is 0 Å². The molecular weight excluding hydrogens is 404 g/mol. The van der Waals surface area contributed by atoms with Crippen LogP contribution in [0.5, 0.6) is 11.5 Å². The van der Waals surface area contributed by atoms with Gasteiger partial charge in [0.25, 0.3) is 0 Å². The first-order valence-corrected chi connectivity index (χ1v) is 11.4. The van der Waals surface area contributed by atoms with E-state index < -0.39 is 10.0 Å². The standard InChI is InChI=1S/C22H30N2O5S/c1-5-24(6-2)30(26,27)19-13-14-21(28-4)20(16-19)23-22(25)8-7-15-29-18-11-9-17(3)10-12-18/h9-14,16H,5-8,15H2,1-4H3,(H,23,25). The number of amides is 1. The Balaban J connectivity index is 2.00. The molecule has 0 aliphatic heterocycles. The van der Waals surface area contributed by atoms with Gasteiger partial charge in [-0.15, -0.1) is 0 Å². The number of rotatable bonds is 11. The maximum atomic E-state index is 12.8. The number of carbonyl (C=O) groups is 1. The van der Waals surface area contributed by atoms with E-state index in [0.717, 1.165) is 11.3 Å². The summed E-state index contributed by atoms with van der Waals surface area (Å²) in [5.74, 6) is 0.924. The van der Waals surface area contributed by atoms with Crippen LogP contribution in [0.4, 0.5) is 5.69 Å². The van der Waals surface area contributed by atoms with Crippen LogP contribution >= 0.6 is 0 Å². The second-order valence-corrected chi connectivity index (χ2v) is 8.70. The monoisotopic (exact) mass is 434 g/mol. The molecule has 0 fully saturated rings. The van der Waals surface area contributed by atoms with Crippen LogP contribution in [0.1, 0.15) is 32.3 Å². The molecule has 7 nitrogen and oxygen atoms in total. The number of hydrogen-bond donors (Lipinski definition) is 1. The molecule has 0 bridgehead atoms. The van der Waals surface area contributed by atoms with Crippen molar-refractivity contribution in [3.05, 3.63) is 48.0 Å². The van der Waals surface area contributed by atoms with Gasteiger partial charge in [-0.2, -0.15) is 4.31 Å². The highest BCUT2D eigenvalue weighted by atomic mass is 32.2. The van der Waals surface area contributed by atoms with Gasteiger partial charge in [0.2, 0.25) is 15.9 Å². The number of nitrogens with zero attached hydrogens (tertiary/aromatic N) is 1. The Morgan fingerprint density at radius 2 is 1.73 bits per heavy atom. The van der Waals surface area contributed by atoms with Crippen molar-refractivity contribution >= 4 is 21.6 Å². The number of aryl methyl sites for hydroxylation is 1. The van der Waals surface area contributed by atoms with E-state index in [2.05, 4.69) is 5.32 Å². The van der Waals surface area contributed by atoms with E-state index >= 15 is 0 Å². The third-order valence-electron chi connectivity index (χ3n) is 4.63. The van der Waals surface area contributed by atoms with Crippen LogP contribution < -0.4 is 14.8 Å². The van der Waals surface area contributed by atoms with Crippen molar-refractivity contribution in [2.45, 2.75) is 38.5 Å². The van der Waals surface area contributed by atoms with Gasteiger partial charge in [-0.3, -0.25) is 4.79 Å². The van der Waals surface area contributed by atoms with E-state index in [1.165, 1.54) is 23.5 Å². The summed E-state index contributed by atoms with van der Waals surface area (Å²) in [7, 11) is -2.16. The summed E-state index contributed by atoms with van der Waals surface area (Å²) in [6, 6.07) is 12.2. The molecule has 0 atom stereocenters. The number of anilines is 1. The minimum absolute atomic E-state index is 0.116. The maximum absolute atomic E-state index is 12.8. The fourth-order valence-corrected chi connectivity index (χ4v) is 4.41. The number of nitrogens with one attached hydrogen (secondary N) is 1. The summed E-state index contributed by atoms with van der Waals surface area (Å²) in [4.78, 5) is 12.5. The molecule has 164 valence electrons. The first-order valence-electron chi connectivity index (χ1n) is 9.99. The molecule has 0 unspecified atom stereocenters. The zero-order valence-electron chi connectivity index (χ0n) is 18.0. The average Bonchev–Trinajstić information content (AvgIpc) is 2.73. The average molecular weight is 435 g/mol. The van der Waals surface area contributed by atoms with Crippen LogP contribution in [-0.2, 0) is 14.8 Å². The molecule has 0 spiro atoms. The minimum Gasteiger partial charge on any atom is -0.495 e. The van der Waals surface area contributed by atoms with Gasteiger partial charge >= 0.3 is 0 Å². The molecule has 0 aromatic heterocycles. The Morgan fingerprint density at radius 1 is 1.07 bits per heavy atom. The lowest BCUT2D eigenvalue weighted by Crippen LogP contribution is -2.30. The third-order valence-corrected chi connectivity index (χ3v) is 6.67. The van der Waals surface area contributed by atoms with Crippen LogP contribution in [-0.4, -0.2) is 45.4 Å². The van der Waals surface area contributed by atoms with Crippen molar-refractivity contribution in [2.24, 2.45) is 0 Å². The van der Waals surface area contributed by atoms with Gasteiger partial charge in [0.15, 0.2) is 0 Å². The summed E-state index contributed by atoms with van der Waals surface area (Å²) in [5, 5.41) is 2.75. The summed E-state index contributed by atoms with van der Waals surface area (Å²) in [6.07, 6.45) is 0.765. The molecular formula is C22H30N2O5S. The van der Waals surface area contributed by atoms with Gasteiger partial charge < -0.3 is 14.8 Å². The Morgan fingerprint density at radius 3 is 2.33 bits per heavy atom. The van der Waals surface area contributed by atoms with E-state index in [0.29, 0.717) is 37.6 Å². The molecule has 0 radical (unpaired) electrons. The predicted molar refractivity (Wildman–Crippen MR) is 118 cm³/mol. The minimum atomic E-state index is -3.63. The second kappa shape index (κ2) is 11.0. The molecule has 0 saturated heterocycles.